The number of nitrogens with one attached hydrogen (secondary N) is 1. The van der Waals surface area contributed by atoms with Crippen LogP contribution >= 0.6 is 23.2 Å². The Morgan fingerprint density at radius 1 is 1.24 bits per heavy atom. The number of piperidine rings is 1. The molecule has 2 amide bonds. The number of alkyl halides is 3. The lowest BCUT2D eigenvalue weighted by atomic mass is 9.98. The van der Waals surface area contributed by atoms with E-state index in [2.05, 4.69) is 5.32 Å². The molecule has 1 aromatic rings. The zero-order valence-electron chi connectivity index (χ0n) is 10.9. The van der Waals surface area contributed by atoms with Gasteiger partial charge in [0, 0.05) is 28.8 Å². The number of halogens is 5. The fraction of sp³-hybridized carbons (Fsp3) is 0.462. The molecule has 21 heavy (non-hydrogen) atoms. The maximum absolute atomic E-state index is 12.7. The van der Waals surface area contributed by atoms with Crippen molar-refractivity contribution in [2.24, 2.45) is 5.92 Å². The summed E-state index contributed by atoms with van der Waals surface area (Å²) >= 11 is 11.6. The summed E-state index contributed by atoms with van der Waals surface area (Å²) in [5.74, 6) is -1.47. The molecule has 0 bridgehead atoms. The number of amides is 2. The van der Waals surface area contributed by atoms with Crippen LogP contribution in [0.4, 0.5) is 23.7 Å². The summed E-state index contributed by atoms with van der Waals surface area (Å²) in [7, 11) is 0. The monoisotopic (exact) mass is 340 g/mol. The van der Waals surface area contributed by atoms with Crippen LogP contribution in [0, 0.1) is 5.92 Å². The average Bonchev–Trinajstić information content (AvgIpc) is 2.36. The summed E-state index contributed by atoms with van der Waals surface area (Å²) in [6.07, 6.45) is -3.90. The number of nitrogens with zero attached hydrogens (tertiary/aromatic N) is 1. The molecule has 0 radical (unpaired) electrons. The summed E-state index contributed by atoms with van der Waals surface area (Å²) in [5.41, 5.74) is 0.353. The standard InChI is InChI=1S/C13H13Cl2F3N2O/c14-9-4-10(15)6-11(5-9)19-12(21)20-3-1-2-8(7-20)13(16,17)18/h4-6,8H,1-3,7H2,(H,19,21). The molecule has 1 fully saturated rings. The molecular weight excluding hydrogens is 328 g/mol. The number of carbonyl (C=O) groups is 1. The van der Waals surface area contributed by atoms with Crippen molar-refractivity contribution >= 4 is 34.9 Å². The highest BCUT2D eigenvalue weighted by Gasteiger charge is 2.42. The zero-order valence-corrected chi connectivity index (χ0v) is 12.4. The second kappa shape index (κ2) is 6.32. The van der Waals surface area contributed by atoms with Gasteiger partial charge in [-0.3, -0.25) is 0 Å². The maximum Gasteiger partial charge on any atom is 0.393 e. The molecule has 3 nitrogen and oxygen atoms in total. The first kappa shape index (κ1) is 16.2. The Hall–Kier alpha value is -1.14. The number of carbonyl (C=O) groups excluding carboxylic acids is 1. The quantitative estimate of drug-likeness (QED) is 0.782. The van der Waals surface area contributed by atoms with Gasteiger partial charge < -0.3 is 10.2 Å². The van der Waals surface area contributed by atoms with E-state index in [1.165, 1.54) is 18.2 Å². The largest absolute Gasteiger partial charge is 0.393 e. The van der Waals surface area contributed by atoms with Gasteiger partial charge in [-0.05, 0) is 31.0 Å². The predicted molar refractivity (Wildman–Crippen MR) is 75.8 cm³/mol. The van der Waals surface area contributed by atoms with E-state index in [1.807, 2.05) is 0 Å². The van der Waals surface area contributed by atoms with Gasteiger partial charge in [-0.1, -0.05) is 23.2 Å². The molecule has 1 heterocycles. The third-order valence-corrected chi connectivity index (χ3v) is 3.72. The molecule has 0 aliphatic carbocycles. The molecule has 0 spiro atoms. The number of anilines is 1. The Balaban J connectivity index is 2.03. The summed E-state index contributed by atoms with van der Waals surface area (Å²) < 4.78 is 38.2. The van der Waals surface area contributed by atoms with Gasteiger partial charge in [0.2, 0.25) is 0 Å². The molecule has 1 aliphatic rings. The van der Waals surface area contributed by atoms with Crippen molar-refractivity contribution in [3.8, 4) is 0 Å². The Morgan fingerprint density at radius 2 is 1.86 bits per heavy atom. The number of hydrogen-bond acceptors (Lipinski definition) is 1. The number of benzene rings is 1. The summed E-state index contributed by atoms with van der Waals surface area (Å²) in [6.45, 7) is -0.0314. The molecule has 1 aromatic carbocycles. The Morgan fingerprint density at radius 3 is 2.43 bits per heavy atom. The van der Waals surface area contributed by atoms with Crippen molar-refractivity contribution in [1.29, 1.82) is 0 Å². The van der Waals surface area contributed by atoms with E-state index >= 15 is 0 Å². The Bertz CT molecular complexity index is 516. The Kier molecular flexibility index (Phi) is 4.88. The van der Waals surface area contributed by atoms with Crippen LogP contribution in [0.1, 0.15) is 12.8 Å². The van der Waals surface area contributed by atoms with Crippen molar-refractivity contribution in [2.75, 3.05) is 18.4 Å². The maximum atomic E-state index is 12.7. The minimum atomic E-state index is -4.28. The van der Waals surface area contributed by atoms with Crippen molar-refractivity contribution in [1.82, 2.24) is 4.90 Å². The highest BCUT2D eigenvalue weighted by Crippen LogP contribution is 2.33. The molecule has 1 aliphatic heterocycles. The first-order valence-electron chi connectivity index (χ1n) is 6.34. The van der Waals surface area contributed by atoms with Crippen molar-refractivity contribution in [2.45, 2.75) is 19.0 Å². The van der Waals surface area contributed by atoms with Crippen LogP contribution in [0.25, 0.3) is 0 Å². The minimum absolute atomic E-state index is 0.0519. The molecular formula is C13H13Cl2F3N2O. The number of rotatable bonds is 1. The van der Waals surface area contributed by atoms with Crippen LogP contribution in [0.5, 0.6) is 0 Å². The summed E-state index contributed by atoms with van der Waals surface area (Å²) in [4.78, 5) is 13.2. The number of urea groups is 1. The second-order valence-electron chi connectivity index (χ2n) is 4.92. The summed E-state index contributed by atoms with van der Waals surface area (Å²) in [6, 6.07) is 3.88. The Labute approximate surface area is 130 Å². The SMILES string of the molecule is O=C(Nc1cc(Cl)cc(Cl)c1)N1CCCC(C(F)(F)F)C1. The van der Waals surface area contributed by atoms with E-state index in [4.69, 9.17) is 23.2 Å². The first-order valence-corrected chi connectivity index (χ1v) is 7.10. The van der Waals surface area contributed by atoms with Gasteiger partial charge in [0.25, 0.3) is 0 Å². The lowest BCUT2D eigenvalue weighted by Gasteiger charge is -2.33. The fourth-order valence-electron chi connectivity index (χ4n) is 2.26. The third-order valence-electron chi connectivity index (χ3n) is 3.29. The van der Waals surface area contributed by atoms with Gasteiger partial charge in [0.1, 0.15) is 0 Å². The first-order chi connectivity index (χ1) is 9.75. The lowest BCUT2D eigenvalue weighted by molar-refractivity contribution is -0.183. The van der Waals surface area contributed by atoms with Gasteiger partial charge in [-0.2, -0.15) is 13.2 Å². The predicted octanol–water partition coefficient (Wildman–Crippen LogP) is 4.80. The fourth-order valence-corrected chi connectivity index (χ4v) is 2.78. The molecule has 1 atom stereocenters. The zero-order chi connectivity index (χ0) is 15.6. The highest BCUT2D eigenvalue weighted by atomic mass is 35.5. The van der Waals surface area contributed by atoms with Crippen LogP contribution < -0.4 is 5.32 Å². The average molecular weight is 341 g/mol. The normalized spacial score (nSPS) is 19.5. The van der Waals surface area contributed by atoms with E-state index in [1.54, 1.807) is 0 Å². The van der Waals surface area contributed by atoms with Crippen LogP contribution in [-0.2, 0) is 0 Å². The highest BCUT2D eigenvalue weighted by molar-refractivity contribution is 6.35. The number of hydrogen-bond donors (Lipinski definition) is 1. The van der Waals surface area contributed by atoms with E-state index in [0.717, 1.165) is 4.90 Å². The van der Waals surface area contributed by atoms with E-state index < -0.39 is 18.1 Å². The van der Waals surface area contributed by atoms with Gasteiger partial charge in [0.15, 0.2) is 0 Å². The topological polar surface area (TPSA) is 32.3 Å². The molecule has 116 valence electrons. The molecule has 2 rings (SSSR count). The molecule has 1 saturated heterocycles. The van der Waals surface area contributed by atoms with E-state index in [-0.39, 0.29) is 13.0 Å². The smallest absolute Gasteiger partial charge is 0.324 e. The van der Waals surface area contributed by atoms with E-state index in [0.29, 0.717) is 28.7 Å². The van der Waals surface area contributed by atoms with Crippen LogP contribution in [0.2, 0.25) is 10.0 Å². The van der Waals surface area contributed by atoms with Crippen LogP contribution in [0.3, 0.4) is 0 Å². The summed E-state index contributed by atoms with van der Waals surface area (Å²) in [5, 5.41) is 3.19. The van der Waals surface area contributed by atoms with Crippen molar-refractivity contribution in [3.05, 3.63) is 28.2 Å². The molecule has 0 aromatic heterocycles. The van der Waals surface area contributed by atoms with Gasteiger partial charge in [-0.15, -0.1) is 0 Å². The van der Waals surface area contributed by atoms with Gasteiger partial charge >= 0.3 is 12.2 Å². The van der Waals surface area contributed by atoms with E-state index in [9.17, 15) is 18.0 Å². The second-order valence-corrected chi connectivity index (χ2v) is 5.79. The van der Waals surface area contributed by atoms with Crippen LogP contribution in [0.15, 0.2) is 18.2 Å². The minimum Gasteiger partial charge on any atom is -0.324 e. The van der Waals surface area contributed by atoms with Gasteiger partial charge in [0.05, 0.1) is 5.92 Å². The molecule has 1 unspecified atom stereocenters. The molecule has 1 N–H and O–H groups in total. The third kappa shape index (κ3) is 4.41. The molecule has 8 heteroatoms. The van der Waals surface area contributed by atoms with Crippen LogP contribution in [-0.4, -0.2) is 30.2 Å². The van der Waals surface area contributed by atoms with Crippen molar-refractivity contribution in [3.63, 3.8) is 0 Å². The van der Waals surface area contributed by atoms with Crippen molar-refractivity contribution < 1.29 is 18.0 Å². The lowest BCUT2D eigenvalue weighted by Crippen LogP contribution is -2.46. The van der Waals surface area contributed by atoms with Gasteiger partial charge in [-0.25, -0.2) is 4.79 Å². The molecule has 0 saturated carbocycles. The number of likely N-dealkylation sites (tertiary alicyclic amines) is 1.